The average molecular weight is 396 g/mol. The van der Waals surface area contributed by atoms with Crippen molar-refractivity contribution in [2.45, 2.75) is 52.1 Å². The molecule has 3 aromatic rings. The van der Waals surface area contributed by atoms with Gasteiger partial charge in [0.1, 0.15) is 11.4 Å². The lowest BCUT2D eigenvalue weighted by Gasteiger charge is -2.35. The fraction of sp³-hybridized carbons (Fsp3) is 0.409. The molecule has 0 saturated carbocycles. The molecule has 1 aliphatic rings. The van der Waals surface area contributed by atoms with E-state index in [4.69, 9.17) is 0 Å². The number of carbonyl (C=O) groups is 1. The lowest BCUT2D eigenvalue weighted by molar-refractivity contribution is -0.135. The minimum absolute atomic E-state index is 0.0194. The highest BCUT2D eigenvalue weighted by Gasteiger charge is 2.26. The van der Waals surface area contributed by atoms with E-state index in [1.807, 2.05) is 42.2 Å². The number of likely N-dealkylation sites (tertiary alicyclic amines) is 1. The van der Waals surface area contributed by atoms with Crippen molar-refractivity contribution >= 4 is 27.5 Å². The Morgan fingerprint density at radius 1 is 1.25 bits per heavy atom. The molecule has 146 valence electrons. The van der Waals surface area contributed by atoms with E-state index in [0.717, 1.165) is 46.6 Å². The van der Waals surface area contributed by atoms with Gasteiger partial charge in [-0.15, -0.1) is 11.3 Å². The Kier molecular flexibility index (Phi) is 5.31. The molecule has 4 rings (SSSR count). The molecule has 1 atom stereocenters. The third kappa shape index (κ3) is 3.37. The molecular formula is C22H25N3O2S. The predicted octanol–water partition coefficient (Wildman–Crippen LogP) is 4.22. The van der Waals surface area contributed by atoms with Gasteiger partial charge in [-0.05, 0) is 43.7 Å². The van der Waals surface area contributed by atoms with E-state index in [-0.39, 0.29) is 18.0 Å². The number of hydrogen-bond donors (Lipinski definition) is 0. The predicted molar refractivity (Wildman–Crippen MR) is 114 cm³/mol. The second-order valence-corrected chi connectivity index (χ2v) is 8.42. The van der Waals surface area contributed by atoms with Gasteiger partial charge in [-0.3, -0.25) is 14.2 Å². The highest BCUT2D eigenvalue weighted by Crippen LogP contribution is 2.35. The van der Waals surface area contributed by atoms with Crippen LogP contribution in [0.5, 0.6) is 0 Å². The van der Waals surface area contributed by atoms with Crippen LogP contribution in [-0.2, 0) is 11.3 Å². The Morgan fingerprint density at radius 2 is 2.04 bits per heavy atom. The molecule has 6 heteroatoms. The van der Waals surface area contributed by atoms with Crippen LogP contribution in [0, 0.1) is 6.92 Å². The van der Waals surface area contributed by atoms with Crippen LogP contribution in [0.25, 0.3) is 20.7 Å². The van der Waals surface area contributed by atoms with Gasteiger partial charge in [-0.2, -0.15) is 0 Å². The van der Waals surface area contributed by atoms with Gasteiger partial charge in [0.05, 0.1) is 11.7 Å². The molecule has 5 nitrogen and oxygen atoms in total. The number of rotatable bonds is 4. The van der Waals surface area contributed by atoms with E-state index in [1.54, 1.807) is 0 Å². The first-order valence-corrected chi connectivity index (χ1v) is 10.7. The summed E-state index contributed by atoms with van der Waals surface area (Å²) >= 11 is 1.53. The van der Waals surface area contributed by atoms with E-state index in [0.29, 0.717) is 11.4 Å². The number of aryl methyl sites for hydroxylation is 1. The molecule has 1 amide bonds. The van der Waals surface area contributed by atoms with Crippen molar-refractivity contribution in [2.75, 3.05) is 6.54 Å². The lowest BCUT2D eigenvalue weighted by Crippen LogP contribution is -2.45. The van der Waals surface area contributed by atoms with Crippen LogP contribution in [0.15, 0.2) is 41.5 Å². The van der Waals surface area contributed by atoms with Crippen LogP contribution < -0.4 is 5.56 Å². The summed E-state index contributed by atoms with van der Waals surface area (Å²) in [5.41, 5.74) is 1.90. The van der Waals surface area contributed by atoms with Crippen LogP contribution in [0.2, 0.25) is 0 Å². The van der Waals surface area contributed by atoms with Crippen LogP contribution in [0.4, 0.5) is 0 Å². The molecule has 2 aromatic heterocycles. The summed E-state index contributed by atoms with van der Waals surface area (Å²) in [6.45, 7) is 4.94. The van der Waals surface area contributed by atoms with E-state index < -0.39 is 0 Å². The molecule has 0 spiro atoms. The fourth-order valence-electron chi connectivity index (χ4n) is 4.13. The molecule has 1 aromatic carbocycles. The highest BCUT2D eigenvalue weighted by atomic mass is 32.1. The molecule has 1 unspecified atom stereocenters. The minimum atomic E-state index is -0.126. The Morgan fingerprint density at radius 3 is 2.79 bits per heavy atom. The van der Waals surface area contributed by atoms with Crippen molar-refractivity contribution < 1.29 is 4.79 Å². The number of fused-ring (bicyclic) bond motifs is 1. The first kappa shape index (κ1) is 18.9. The fourth-order valence-corrected chi connectivity index (χ4v) is 5.27. The van der Waals surface area contributed by atoms with Crippen molar-refractivity contribution in [3.63, 3.8) is 0 Å². The Labute approximate surface area is 168 Å². The Hall–Kier alpha value is -2.47. The van der Waals surface area contributed by atoms with Crippen molar-refractivity contribution in [3.05, 3.63) is 52.6 Å². The summed E-state index contributed by atoms with van der Waals surface area (Å²) in [4.78, 5) is 34.2. The first-order valence-electron chi connectivity index (χ1n) is 9.93. The first-order chi connectivity index (χ1) is 13.6. The zero-order valence-electron chi connectivity index (χ0n) is 16.4. The third-order valence-electron chi connectivity index (χ3n) is 5.68. The molecule has 1 aliphatic heterocycles. The average Bonchev–Trinajstić information content (AvgIpc) is 3.07. The number of nitrogens with zero attached hydrogens (tertiary/aromatic N) is 3. The molecule has 1 saturated heterocycles. The van der Waals surface area contributed by atoms with Crippen molar-refractivity contribution in [1.82, 2.24) is 14.5 Å². The normalized spacial score (nSPS) is 17.2. The summed E-state index contributed by atoms with van der Waals surface area (Å²) in [7, 11) is 0. The molecule has 0 N–H and O–H groups in total. The Bertz CT molecular complexity index is 1050. The molecule has 1 fully saturated rings. The van der Waals surface area contributed by atoms with E-state index >= 15 is 0 Å². The van der Waals surface area contributed by atoms with Gasteiger partial charge < -0.3 is 4.90 Å². The van der Waals surface area contributed by atoms with E-state index in [2.05, 4.69) is 11.9 Å². The van der Waals surface area contributed by atoms with Gasteiger partial charge >= 0.3 is 0 Å². The van der Waals surface area contributed by atoms with Gasteiger partial charge in [0.15, 0.2) is 0 Å². The number of hydrogen-bond acceptors (Lipinski definition) is 4. The maximum Gasteiger partial charge on any atom is 0.262 e. The van der Waals surface area contributed by atoms with Crippen molar-refractivity contribution in [3.8, 4) is 10.4 Å². The highest BCUT2D eigenvalue weighted by molar-refractivity contribution is 7.22. The largest absolute Gasteiger partial charge is 0.338 e. The zero-order valence-corrected chi connectivity index (χ0v) is 17.2. The summed E-state index contributed by atoms with van der Waals surface area (Å²) in [5, 5.41) is 0.629. The number of carbonyl (C=O) groups excluding carboxylic acids is 1. The van der Waals surface area contributed by atoms with Crippen LogP contribution >= 0.6 is 11.3 Å². The molecule has 0 aliphatic carbocycles. The summed E-state index contributed by atoms with van der Waals surface area (Å²) in [6.07, 6.45) is 5.75. The topological polar surface area (TPSA) is 55.2 Å². The minimum Gasteiger partial charge on any atom is -0.338 e. The second-order valence-electron chi connectivity index (χ2n) is 7.42. The number of benzene rings is 1. The molecular weight excluding hydrogens is 370 g/mol. The molecule has 28 heavy (non-hydrogen) atoms. The molecule has 0 radical (unpaired) electrons. The standard InChI is InChI=1S/C22H25N3O2S/c1-3-17-11-7-8-12-25(17)18(26)13-24-14-23-21-19(22(24)27)15(2)20(28-21)16-9-5-4-6-10-16/h4-6,9-10,14,17H,3,7-8,11-13H2,1-2H3. The van der Waals surface area contributed by atoms with Gasteiger partial charge in [0.25, 0.3) is 5.56 Å². The Balaban J connectivity index is 1.67. The van der Waals surface area contributed by atoms with Crippen LogP contribution in [-0.4, -0.2) is 32.9 Å². The van der Waals surface area contributed by atoms with E-state index in [1.165, 1.54) is 28.7 Å². The van der Waals surface area contributed by atoms with Crippen LogP contribution in [0.1, 0.15) is 38.2 Å². The van der Waals surface area contributed by atoms with Gasteiger partial charge in [-0.25, -0.2) is 4.98 Å². The summed E-state index contributed by atoms with van der Waals surface area (Å²) in [5.74, 6) is 0.0194. The summed E-state index contributed by atoms with van der Waals surface area (Å²) < 4.78 is 1.47. The van der Waals surface area contributed by atoms with Crippen molar-refractivity contribution in [2.24, 2.45) is 0 Å². The second kappa shape index (κ2) is 7.87. The smallest absolute Gasteiger partial charge is 0.262 e. The van der Waals surface area contributed by atoms with Crippen LogP contribution in [0.3, 0.4) is 0 Å². The maximum atomic E-state index is 13.1. The van der Waals surface area contributed by atoms with Gasteiger partial charge in [-0.1, -0.05) is 37.3 Å². The number of piperidine rings is 1. The third-order valence-corrected chi connectivity index (χ3v) is 6.93. The van der Waals surface area contributed by atoms with E-state index in [9.17, 15) is 9.59 Å². The maximum absolute atomic E-state index is 13.1. The number of thiophene rings is 1. The quantitative estimate of drug-likeness (QED) is 0.664. The van der Waals surface area contributed by atoms with Crippen molar-refractivity contribution in [1.29, 1.82) is 0 Å². The molecule has 3 heterocycles. The zero-order chi connectivity index (χ0) is 19.7. The number of aromatic nitrogens is 2. The molecule has 0 bridgehead atoms. The monoisotopic (exact) mass is 395 g/mol. The number of amides is 1. The summed E-state index contributed by atoms with van der Waals surface area (Å²) in [6, 6.07) is 10.3. The van der Waals surface area contributed by atoms with Gasteiger partial charge in [0, 0.05) is 17.5 Å². The SMILES string of the molecule is CCC1CCCCN1C(=O)Cn1cnc2sc(-c3ccccc3)c(C)c2c1=O. The van der Waals surface area contributed by atoms with Gasteiger partial charge in [0.2, 0.25) is 5.91 Å². The lowest BCUT2D eigenvalue weighted by atomic mass is 10.00.